The Bertz CT molecular complexity index is 731. The summed E-state index contributed by atoms with van der Waals surface area (Å²) in [6.07, 6.45) is 3.51. The molecule has 0 bridgehead atoms. The zero-order valence-corrected chi connectivity index (χ0v) is 16.5. The van der Waals surface area contributed by atoms with E-state index < -0.39 is 0 Å². The number of carbonyl (C=O) groups excluding carboxylic acids is 1. The van der Waals surface area contributed by atoms with E-state index in [0.29, 0.717) is 5.92 Å². The third kappa shape index (κ3) is 5.83. The van der Waals surface area contributed by atoms with E-state index in [9.17, 15) is 4.79 Å². The van der Waals surface area contributed by atoms with Crippen LogP contribution in [0.1, 0.15) is 24.0 Å². The van der Waals surface area contributed by atoms with E-state index in [2.05, 4.69) is 41.4 Å². The molecule has 0 aliphatic carbocycles. The second-order valence-corrected chi connectivity index (χ2v) is 7.66. The summed E-state index contributed by atoms with van der Waals surface area (Å²) >= 11 is 0. The van der Waals surface area contributed by atoms with E-state index in [0.717, 1.165) is 31.7 Å². The molecule has 0 unspecified atom stereocenters. The second kappa shape index (κ2) is 9.56. The zero-order valence-electron chi connectivity index (χ0n) is 16.5. The number of aryl methyl sites for hydroxylation is 1. The molecule has 1 fully saturated rings. The first-order valence-corrected chi connectivity index (χ1v) is 9.96. The van der Waals surface area contributed by atoms with E-state index in [1.54, 1.807) is 0 Å². The fraction of sp³-hybridized carbons (Fsp3) is 0.435. The van der Waals surface area contributed by atoms with Crippen LogP contribution in [0.3, 0.4) is 0 Å². The number of benzene rings is 2. The van der Waals surface area contributed by atoms with Crippen LogP contribution < -0.4 is 5.32 Å². The number of nitrogens with zero attached hydrogens (tertiary/aromatic N) is 2. The Morgan fingerprint density at radius 2 is 1.89 bits per heavy atom. The van der Waals surface area contributed by atoms with Gasteiger partial charge in [-0.3, -0.25) is 0 Å². The Balaban J connectivity index is 1.46. The standard InChI is InChI=1S/C23H31N3O/c1-19-9-6-7-11-21(19)14-16-26-15-8-10-20(18-26)17-25(2)23(27)24-22-12-4-3-5-13-22/h3-7,9,11-13,20H,8,10,14-18H2,1-2H3,(H,24,27)/t20-/m0/s1. The van der Waals surface area contributed by atoms with Crippen molar-refractivity contribution in [3.63, 3.8) is 0 Å². The Kier molecular flexibility index (Phi) is 6.88. The van der Waals surface area contributed by atoms with Crippen molar-refractivity contribution in [2.24, 2.45) is 5.92 Å². The summed E-state index contributed by atoms with van der Waals surface area (Å²) in [5.74, 6) is 0.544. The predicted octanol–water partition coefficient (Wildman–Crippen LogP) is 4.41. The number of hydrogen-bond acceptors (Lipinski definition) is 2. The van der Waals surface area contributed by atoms with Crippen molar-refractivity contribution in [3.05, 3.63) is 65.7 Å². The van der Waals surface area contributed by atoms with E-state index in [1.165, 1.54) is 30.5 Å². The van der Waals surface area contributed by atoms with Gasteiger partial charge >= 0.3 is 6.03 Å². The minimum absolute atomic E-state index is 0.0294. The van der Waals surface area contributed by atoms with Gasteiger partial charge in [-0.1, -0.05) is 42.5 Å². The highest BCUT2D eigenvalue weighted by molar-refractivity contribution is 5.89. The van der Waals surface area contributed by atoms with Crippen LogP contribution >= 0.6 is 0 Å². The fourth-order valence-electron chi connectivity index (χ4n) is 3.88. The lowest BCUT2D eigenvalue weighted by Gasteiger charge is -2.34. The average Bonchev–Trinajstić information content (AvgIpc) is 2.68. The van der Waals surface area contributed by atoms with Crippen molar-refractivity contribution in [1.82, 2.24) is 9.80 Å². The summed E-state index contributed by atoms with van der Waals surface area (Å²) in [6.45, 7) is 6.34. The van der Waals surface area contributed by atoms with Crippen molar-refractivity contribution in [2.75, 3.05) is 38.5 Å². The normalized spacial score (nSPS) is 17.5. The summed E-state index contributed by atoms with van der Waals surface area (Å²) in [5, 5.41) is 2.97. The number of urea groups is 1. The van der Waals surface area contributed by atoms with Gasteiger partial charge in [-0.25, -0.2) is 4.79 Å². The Morgan fingerprint density at radius 1 is 1.15 bits per heavy atom. The summed E-state index contributed by atoms with van der Waals surface area (Å²) in [6, 6.07) is 18.3. The Labute approximate surface area is 163 Å². The van der Waals surface area contributed by atoms with Crippen LogP contribution in [0.5, 0.6) is 0 Å². The van der Waals surface area contributed by atoms with Gasteiger partial charge < -0.3 is 15.1 Å². The van der Waals surface area contributed by atoms with Gasteiger partial charge in [0.2, 0.25) is 0 Å². The molecular formula is C23H31N3O. The van der Waals surface area contributed by atoms with Gasteiger partial charge in [0.05, 0.1) is 0 Å². The molecule has 1 atom stereocenters. The summed E-state index contributed by atoms with van der Waals surface area (Å²) in [5.41, 5.74) is 3.67. The van der Waals surface area contributed by atoms with Gasteiger partial charge in [0.25, 0.3) is 0 Å². The van der Waals surface area contributed by atoms with Gasteiger partial charge in [-0.15, -0.1) is 0 Å². The van der Waals surface area contributed by atoms with Crippen molar-refractivity contribution >= 4 is 11.7 Å². The number of rotatable bonds is 6. The van der Waals surface area contributed by atoms with Gasteiger partial charge in [-0.05, 0) is 61.9 Å². The maximum atomic E-state index is 12.4. The highest BCUT2D eigenvalue weighted by Crippen LogP contribution is 2.19. The number of piperidine rings is 1. The maximum Gasteiger partial charge on any atom is 0.321 e. The van der Waals surface area contributed by atoms with Crippen molar-refractivity contribution in [2.45, 2.75) is 26.2 Å². The number of nitrogens with one attached hydrogen (secondary N) is 1. The molecular weight excluding hydrogens is 334 g/mol. The fourth-order valence-corrected chi connectivity index (χ4v) is 3.88. The topological polar surface area (TPSA) is 35.6 Å². The average molecular weight is 366 g/mol. The molecule has 0 radical (unpaired) electrons. The second-order valence-electron chi connectivity index (χ2n) is 7.66. The molecule has 27 heavy (non-hydrogen) atoms. The minimum Gasteiger partial charge on any atom is -0.327 e. The number of para-hydroxylation sites is 1. The Morgan fingerprint density at radius 3 is 2.67 bits per heavy atom. The van der Waals surface area contributed by atoms with E-state index >= 15 is 0 Å². The van der Waals surface area contributed by atoms with Crippen LogP contribution in [0.2, 0.25) is 0 Å². The minimum atomic E-state index is -0.0294. The first-order chi connectivity index (χ1) is 13.1. The molecule has 4 heteroatoms. The monoisotopic (exact) mass is 365 g/mol. The summed E-state index contributed by atoms with van der Waals surface area (Å²) in [4.78, 5) is 16.8. The van der Waals surface area contributed by atoms with Crippen molar-refractivity contribution in [3.8, 4) is 0 Å². The van der Waals surface area contributed by atoms with Gasteiger partial charge in [-0.2, -0.15) is 0 Å². The molecule has 2 aromatic carbocycles. The van der Waals surface area contributed by atoms with E-state index in [1.807, 2.05) is 42.3 Å². The summed E-state index contributed by atoms with van der Waals surface area (Å²) in [7, 11) is 1.89. The summed E-state index contributed by atoms with van der Waals surface area (Å²) < 4.78 is 0. The molecule has 0 aromatic heterocycles. The molecule has 2 aromatic rings. The Hall–Kier alpha value is -2.33. The molecule has 0 spiro atoms. The van der Waals surface area contributed by atoms with Gasteiger partial charge in [0.15, 0.2) is 0 Å². The number of amides is 2. The molecule has 2 amide bonds. The largest absolute Gasteiger partial charge is 0.327 e. The first kappa shape index (κ1) is 19.4. The van der Waals surface area contributed by atoms with Gasteiger partial charge in [0.1, 0.15) is 0 Å². The lowest BCUT2D eigenvalue weighted by molar-refractivity contribution is 0.150. The van der Waals surface area contributed by atoms with Gasteiger partial charge in [0, 0.05) is 32.4 Å². The van der Waals surface area contributed by atoms with Crippen LogP contribution in [0, 0.1) is 12.8 Å². The number of likely N-dealkylation sites (tertiary alicyclic amines) is 1. The third-order valence-electron chi connectivity index (χ3n) is 5.47. The maximum absolute atomic E-state index is 12.4. The van der Waals surface area contributed by atoms with Crippen LogP contribution in [0.25, 0.3) is 0 Å². The molecule has 3 rings (SSSR count). The molecule has 1 aliphatic rings. The quantitative estimate of drug-likeness (QED) is 0.823. The first-order valence-electron chi connectivity index (χ1n) is 9.96. The molecule has 1 heterocycles. The molecule has 4 nitrogen and oxygen atoms in total. The predicted molar refractivity (Wildman–Crippen MR) is 112 cm³/mol. The van der Waals surface area contributed by atoms with Crippen molar-refractivity contribution in [1.29, 1.82) is 0 Å². The lowest BCUT2D eigenvalue weighted by atomic mass is 9.97. The smallest absolute Gasteiger partial charge is 0.321 e. The molecule has 144 valence electrons. The van der Waals surface area contributed by atoms with E-state index in [-0.39, 0.29) is 6.03 Å². The molecule has 0 saturated carbocycles. The highest BCUT2D eigenvalue weighted by atomic mass is 16.2. The molecule has 1 aliphatic heterocycles. The highest BCUT2D eigenvalue weighted by Gasteiger charge is 2.22. The number of anilines is 1. The van der Waals surface area contributed by atoms with Crippen LogP contribution in [0.4, 0.5) is 10.5 Å². The lowest BCUT2D eigenvalue weighted by Crippen LogP contribution is -2.43. The third-order valence-corrected chi connectivity index (χ3v) is 5.47. The van der Waals surface area contributed by atoms with Crippen LogP contribution in [0.15, 0.2) is 54.6 Å². The van der Waals surface area contributed by atoms with E-state index in [4.69, 9.17) is 0 Å². The van der Waals surface area contributed by atoms with Crippen LogP contribution in [-0.4, -0.2) is 49.1 Å². The number of carbonyl (C=O) groups is 1. The van der Waals surface area contributed by atoms with Crippen molar-refractivity contribution < 1.29 is 4.79 Å². The SMILES string of the molecule is Cc1ccccc1CCN1CCC[C@@H](CN(C)C(=O)Nc2ccccc2)C1. The zero-order chi connectivity index (χ0) is 19.1. The van der Waals surface area contributed by atoms with Crippen LogP contribution in [-0.2, 0) is 6.42 Å². The molecule has 1 saturated heterocycles. The molecule has 1 N–H and O–H groups in total. The number of hydrogen-bond donors (Lipinski definition) is 1.